The Morgan fingerprint density at radius 3 is 2.18 bits per heavy atom. The Hall–Kier alpha value is -0.570. The summed E-state index contributed by atoms with van der Waals surface area (Å²) >= 11 is 0. The Morgan fingerprint density at radius 1 is 1.29 bits per heavy atom. The molecule has 1 amide bonds. The molecule has 0 spiro atoms. The summed E-state index contributed by atoms with van der Waals surface area (Å²) < 4.78 is 0. The summed E-state index contributed by atoms with van der Waals surface area (Å²) in [6.07, 6.45) is 2.07. The van der Waals surface area contributed by atoms with E-state index in [0.29, 0.717) is 12.5 Å². The van der Waals surface area contributed by atoms with Crippen molar-refractivity contribution in [2.45, 2.75) is 47.5 Å². The lowest BCUT2D eigenvalue weighted by Gasteiger charge is -2.15. The van der Waals surface area contributed by atoms with Gasteiger partial charge in [0.05, 0.1) is 0 Å². The molecular formula is C14H28N2O. The summed E-state index contributed by atoms with van der Waals surface area (Å²) in [5, 5.41) is 3.10. The fraction of sp³-hybridized carbons (Fsp3) is 0.929. The van der Waals surface area contributed by atoms with E-state index in [0.717, 1.165) is 19.4 Å². The first kappa shape index (κ1) is 14.5. The average Bonchev–Trinajstić information content (AvgIpc) is 2.64. The van der Waals surface area contributed by atoms with E-state index in [-0.39, 0.29) is 22.7 Å². The van der Waals surface area contributed by atoms with E-state index in [4.69, 9.17) is 5.73 Å². The lowest BCUT2D eigenvalue weighted by Crippen LogP contribution is -2.32. The topological polar surface area (TPSA) is 55.1 Å². The fourth-order valence-electron chi connectivity index (χ4n) is 2.89. The minimum atomic E-state index is 0.132. The van der Waals surface area contributed by atoms with Gasteiger partial charge in [-0.2, -0.15) is 0 Å². The van der Waals surface area contributed by atoms with Crippen molar-refractivity contribution in [1.29, 1.82) is 0 Å². The van der Waals surface area contributed by atoms with E-state index in [1.807, 2.05) is 0 Å². The van der Waals surface area contributed by atoms with E-state index in [1.165, 1.54) is 0 Å². The molecule has 1 saturated carbocycles. The van der Waals surface area contributed by atoms with Crippen LogP contribution in [0.15, 0.2) is 0 Å². The quantitative estimate of drug-likeness (QED) is 0.747. The van der Waals surface area contributed by atoms with Crippen LogP contribution >= 0.6 is 0 Å². The molecule has 1 aliphatic carbocycles. The monoisotopic (exact) mass is 240 g/mol. The van der Waals surface area contributed by atoms with E-state index < -0.39 is 0 Å². The van der Waals surface area contributed by atoms with Crippen molar-refractivity contribution >= 4 is 5.91 Å². The molecule has 0 radical (unpaired) electrons. The third kappa shape index (κ3) is 2.65. The molecule has 3 heteroatoms. The maximum Gasteiger partial charge on any atom is 0.224 e. The summed E-state index contributed by atoms with van der Waals surface area (Å²) in [7, 11) is 0. The normalized spacial score (nSPS) is 23.2. The smallest absolute Gasteiger partial charge is 0.224 e. The van der Waals surface area contributed by atoms with Gasteiger partial charge in [-0.25, -0.2) is 0 Å². The maximum atomic E-state index is 12.1. The molecule has 0 aromatic carbocycles. The third-order valence-electron chi connectivity index (χ3n) is 5.00. The van der Waals surface area contributed by atoms with Gasteiger partial charge in [0.2, 0.25) is 5.91 Å². The van der Waals surface area contributed by atoms with Crippen LogP contribution in [-0.4, -0.2) is 19.0 Å². The van der Waals surface area contributed by atoms with Gasteiger partial charge in [0, 0.05) is 12.5 Å². The molecule has 1 aliphatic rings. The summed E-state index contributed by atoms with van der Waals surface area (Å²) in [6, 6.07) is 0. The Morgan fingerprint density at radius 2 is 1.82 bits per heavy atom. The largest absolute Gasteiger partial charge is 0.356 e. The molecule has 0 saturated heterocycles. The molecule has 0 aliphatic heterocycles. The molecular weight excluding hydrogens is 212 g/mol. The lowest BCUT2D eigenvalue weighted by molar-refractivity contribution is -0.123. The molecule has 0 aromatic rings. The van der Waals surface area contributed by atoms with Gasteiger partial charge in [0.1, 0.15) is 0 Å². The molecule has 1 fully saturated rings. The van der Waals surface area contributed by atoms with Gasteiger partial charge in [-0.3, -0.25) is 4.79 Å². The van der Waals surface area contributed by atoms with Crippen molar-refractivity contribution in [3.05, 3.63) is 0 Å². The van der Waals surface area contributed by atoms with Crippen LogP contribution in [0.1, 0.15) is 47.5 Å². The molecule has 0 aromatic heterocycles. The predicted octanol–water partition coefficient (Wildman–Crippen LogP) is 2.16. The number of rotatable bonds is 6. The van der Waals surface area contributed by atoms with Crippen molar-refractivity contribution < 1.29 is 4.79 Å². The van der Waals surface area contributed by atoms with E-state index in [1.54, 1.807) is 0 Å². The van der Waals surface area contributed by atoms with Gasteiger partial charge in [-0.05, 0) is 29.7 Å². The first-order chi connectivity index (χ1) is 7.79. The number of nitrogens with two attached hydrogens (primary N) is 1. The van der Waals surface area contributed by atoms with Crippen molar-refractivity contribution in [3.8, 4) is 0 Å². The van der Waals surface area contributed by atoms with E-state index in [9.17, 15) is 4.79 Å². The SMILES string of the molecule is CCC(CCN)CNC(=O)C1C(C)(C)C1(C)C. The Bertz CT molecular complexity index is 270. The van der Waals surface area contributed by atoms with E-state index in [2.05, 4.69) is 39.9 Å². The molecule has 100 valence electrons. The maximum absolute atomic E-state index is 12.1. The second-order valence-corrected chi connectivity index (χ2v) is 6.47. The van der Waals surface area contributed by atoms with Crippen molar-refractivity contribution in [2.24, 2.45) is 28.4 Å². The van der Waals surface area contributed by atoms with Crippen LogP contribution in [0.3, 0.4) is 0 Å². The lowest BCUT2D eigenvalue weighted by atomic mass is 10.0. The van der Waals surface area contributed by atoms with Gasteiger partial charge >= 0.3 is 0 Å². The number of hydrogen-bond donors (Lipinski definition) is 2. The van der Waals surface area contributed by atoms with Crippen molar-refractivity contribution in [2.75, 3.05) is 13.1 Å². The van der Waals surface area contributed by atoms with E-state index >= 15 is 0 Å². The zero-order valence-corrected chi connectivity index (χ0v) is 12.0. The molecule has 0 bridgehead atoms. The van der Waals surface area contributed by atoms with Gasteiger partial charge in [-0.1, -0.05) is 41.0 Å². The number of carbonyl (C=O) groups excluding carboxylic acids is 1. The van der Waals surface area contributed by atoms with Gasteiger partial charge in [0.15, 0.2) is 0 Å². The van der Waals surface area contributed by atoms with Crippen LogP contribution < -0.4 is 11.1 Å². The summed E-state index contributed by atoms with van der Waals surface area (Å²) in [4.78, 5) is 12.1. The predicted molar refractivity (Wildman–Crippen MR) is 71.5 cm³/mol. The zero-order chi connectivity index (χ0) is 13.3. The molecule has 1 atom stereocenters. The number of carbonyl (C=O) groups is 1. The summed E-state index contributed by atoms with van der Waals surface area (Å²) in [6.45, 7) is 12.3. The number of nitrogens with one attached hydrogen (secondary N) is 1. The highest BCUT2D eigenvalue weighted by Gasteiger charge is 2.68. The zero-order valence-electron chi connectivity index (χ0n) is 12.0. The molecule has 17 heavy (non-hydrogen) atoms. The number of amides is 1. The van der Waals surface area contributed by atoms with Crippen LogP contribution in [0, 0.1) is 22.7 Å². The van der Waals surface area contributed by atoms with Gasteiger partial charge < -0.3 is 11.1 Å². The highest BCUT2D eigenvalue weighted by molar-refractivity contribution is 5.84. The summed E-state index contributed by atoms with van der Waals surface area (Å²) in [5.41, 5.74) is 5.82. The van der Waals surface area contributed by atoms with Crippen LogP contribution in [0.25, 0.3) is 0 Å². The second kappa shape index (κ2) is 4.97. The van der Waals surface area contributed by atoms with Crippen LogP contribution in [-0.2, 0) is 4.79 Å². The molecule has 3 nitrogen and oxygen atoms in total. The standard InChI is InChI=1S/C14H28N2O/c1-6-10(7-8-15)9-16-12(17)11-13(2,3)14(11,4)5/h10-11H,6-9,15H2,1-5H3,(H,16,17). The van der Waals surface area contributed by atoms with Crippen LogP contribution in [0.4, 0.5) is 0 Å². The fourth-order valence-corrected chi connectivity index (χ4v) is 2.89. The Kier molecular flexibility index (Phi) is 4.23. The third-order valence-corrected chi connectivity index (χ3v) is 5.00. The first-order valence-corrected chi connectivity index (χ1v) is 6.76. The average molecular weight is 240 g/mol. The van der Waals surface area contributed by atoms with Gasteiger partial charge in [-0.15, -0.1) is 0 Å². The highest BCUT2D eigenvalue weighted by Crippen LogP contribution is 2.68. The molecule has 3 N–H and O–H groups in total. The summed E-state index contributed by atoms with van der Waals surface area (Å²) in [5.74, 6) is 0.898. The van der Waals surface area contributed by atoms with Crippen LogP contribution in [0.2, 0.25) is 0 Å². The van der Waals surface area contributed by atoms with Crippen LogP contribution in [0.5, 0.6) is 0 Å². The van der Waals surface area contributed by atoms with Crippen molar-refractivity contribution in [1.82, 2.24) is 5.32 Å². The van der Waals surface area contributed by atoms with Crippen molar-refractivity contribution in [3.63, 3.8) is 0 Å². The number of hydrogen-bond acceptors (Lipinski definition) is 2. The molecule has 1 unspecified atom stereocenters. The second-order valence-electron chi connectivity index (χ2n) is 6.47. The highest BCUT2D eigenvalue weighted by atomic mass is 16.2. The molecule has 1 rings (SSSR count). The Labute approximate surface area is 106 Å². The first-order valence-electron chi connectivity index (χ1n) is 6.76. The minimum absolute atomic E-state index is 0.132. The Balaban J connectivity index is 2.42. The minimum Gasteiger partial charge on any atom is -0.356 e. The van der Waals surface area contributed by atoms with Gasteiger partial charge in [0.25, 0.3) is 0 Å². The molecule has 0 heterocycles.